The quantitative estimate of drug-likeness (QED) is 0.921. The number of carbonyl (C=O) groups is 2. The molecule has 2 aliphatic rings. The van der Waals surface area contributed by atoms with Crippen LogP contribution in [0.25, 0.3) is 0 Å². The molecule has 1 fully saturated rings. The van der Waals surface area contributed by atoms with Crippen molar-refractivity contribution in [1.82, 2.24) is 0 Å². The van der Waals surface area contributed by atoms with Gasteiger partial charge in [0.05, 0.1) is 24.6 Å². The van der Waals surface area contributed by atoms with Crippen LogP contribution in [0.3, 0.4) is 0 Å². The third kappa shape index (κ3) is 2.94. The monoisotopic (exact) mass is 350 g/mol. The summed E-state index contributed by atoms with van der Waals surface area (Å²) in [4.78, 5) is 27.3. The normalized spacial score (nSPS) is 20.5. The van der Waals surface area contributed by atoms with Crippen molar-refractivity contribution in [2.24, 2.45) is 11.8 Å². The molecule has 2 unspecified atom stereocenters. The van der Waals surface area contributed by atoms with Gasteiger partial charge in [0.15, 0.2) is 0 Å². The minimum Gasteiger partial charge on any atom is -0.495 e. The lowest BCUT2D eigenvalue weighted by Crippen LogP contribution is -2.32. The first-order chi connectivity index (χ1) is 12.6. The third-order valence-electron chi connectivity index (χ3n) is 5.21. The van der Waals surface area contributed by atoms with Crippen LogP contribution in [-0.4, -0.2) is 25.5 Å². The Hall–Kier alpha value is -2.82. The minimum atomic E-state index is -0.263. The largest absolute Gasteiger partial charge is 0.495 e. The van der Waals surface area contributed by atoms with E-state index >= 15 is 0 Å². The molecule has 0 radical (unpaired) electrons. The van der Waals surface area contributed by atoms with E-state index in [0.717, 1.165) is 17.7 Å². The molecule has 1 N–H and O–H groups in total. The summed E-state index contributed by atoms with van der Waals surface area (Å²) in [6.07, 6.45) is 1.49. The Morgan fingerprint density at radius 2 is 1.96 bits per heavy atom. The number of amides is 2. The van der Waals surface area contributed by atoms with Crippen LogP contribution in [-0.2, 0) is 16.0 Å². The zero-order valence-corrected chi connectivity index (χ0v) is 15.0. The molecule has 2 aromatic rings. The molecular weight excluding hydrogens is 328 g/mol. The molecule has 2 amide bonds. The van der Waals surface area contributed by atoms with Crippen molar-refractivity contribution in [2.75, 3.05) is 23.9 Å². The van der Waals surface area contributed by atoms with Gasteiger partial charge >= 0.3 is 0 Å². The van der Waals surface area contributed by atoms with Crippen LogP contribution >= 0.6 is 0 Å². The molecule has 1 saturated carbocycles. The number of benzene rings is 2. The van der Waals surface area contributed by atoms with Gasteiger partial charge in [-0.1, -0.05) is 24.3 Å². The maximum Gasteiger partial charge on any atom is 0.230 e. The number of nitrogens with one attached hydrogen (secondary N) is 1. The summed E-state index contributed by atoms with van der Waals surface area (Å²) in [5.74, 6) is 0.0874. The lowest BCUT2D eigenvalue weighted by molar-refractivity contribution is -0.123. The second-order valence-corrected chi connectivity index (χ2v) is 7.01. The van der Waals surface area contributed by atoms with Gasteiger partial charge in [-0.3, -0.25) is 9.59 Å². The van der Waals surface area contributed by atoms with Crippen molar-refractivity contribution in [3.05, 3.63) is 53.6 Å². The molecule has 5 nitrogen and oxygen atoms in total. The first kappa shape index (κ1) is 16.6. The number of rotatable bonds is 4. The van der Waals surface area contributed by atoms with Gasteiger partial charge in [-0.2, -0.15) is 0 Å². The highest BCUT2D eigenvalue weighted by Gasteiger charge is 2.50. The fraction of sp³-hybridized carbons (Fsp3) is 0.333. The van der Waals surface area contributed by atoms with E-state index in [0.29, 0.717) is 24.4 Å². The Morgan fingerprint density at radius 1 is 1.15 bits per heavy atom. The number of hydrogen-bond acceptors (Lipinski definition) is 3. The second-order valence-electron chi connectivity index (χ2n) is 7.01. The van der Waals surface area contributed by atoms with Gasteiger partial charge in [-0.05, 0) is 49.1 Å². The van der Waals surface area contributed by atoms with Crippen LogP contribution in [0.1, 0.15) is 17.5 Å². The SMILES string of the molecule is COc1ccc(C)cc1NC(=O)C1CC1C(=O)N1CCc2ccccc21. The third-order valence-corrected chi connectivity index (χ3v) is 5.21. The standard InChI is InChI=1S/C21H22N2O3/c1-13-7-8-19(26-2)17(11-13)22-20(24)15-12-16(15)21(25)23-10-9-14-5-3-4-6-18(14)23/h3-8,11,15-16H,9-10,12H2,1-2H3,(H,22,24). The number of aryl methyl sites for hydroxylation is 1. The molecule has 1 heterocycles. The Kier molecular flexibility index (Phi) is 4.15. The van der Waals surface area contributed by atoms with Crippen molar-refractivity contribution in [2.45, 2.75) is 19.8 Å². The Balaban J connectivity index is 1.43. The van der Waals surface area contributed by atoms with E-state index in [2.05, 4.69) is 11.4 Å². The molecule has 134 valence electrons. The smallest absolute Gasteiger partial charge is 0.230 e. The van der Waals surface area contributed by atoms with Gasteiger partial charge in [0.25, 0.3) is 0 Å². The van der Waals surface area contributed by atoms with Crippen molar-refractivity contribution in [3.8, 4) is 5.75 Å². The minimum absolute atomic E-state index is 0.0614. The molecule has 0 aromatic heterocycles. The molecule has 0 saturated heterocycles. The van der Waals surface area contributed by atoms with Crippen molar-refractivity contribution in [1.29, 1.82) is 0 Å². The molecule has 0 bridgehead atoms. The van der Waals surface area contributed by atoms with E-state index in [4.69, 9.17) is 4.74 Å². The number of nitrogens with zero attached hydrogens (tertiary/aromatic N) is 1. The summed E-state index contributed by atoms with van der Waals surface area (Å²) in [5.41, 5.74) is 3.89. The van der Waals surface area contributed by atoms with Gasteiger partial charge in [0.1, 0.15) is 5.75 Å². The van der Waals surface area contributed by atoms with Crippen molar-refractivity contribution >= 4 is 23.2 Å². The maximum atomic E-state index is 12.8. The number of anilines is 2. The van der Waals surface area contributed by atoms with Crippen LogP contribution in [0, 0.1) is 18.8 Å². The van der Waals surface area contributed by atoms with Crippen LogP contribution in [0.15, 0.2) is 42.5 Å². The molecular formula is C21H22N2O3. The molecule has 1 aliphatic carbocycles. The van der Waals surface area contributed by atoms with E-state index < -0.39 is 0 Å². The van der Waals surface area contributed by atoms with E-state index in [9.17, 15) is 9.59 Å². The summed E-state index contributed by atoms with van der Waals surface area (Å²) in [6, 6.07) is 13.6. The van der Waals surface area contributed by atoms with Gasteiger partial charge < -0.3 is 15.0 Å². The number of carbonyl (C=O) groups excluding carboxylic acids is 2. The first-order valence-corrected chi connectivity index (χ1v) is 8.93. The van der Waals surface area contributed by atoms with Crippen LogP contribution in [0.5, 0.6) is 5.75 Å². The number of hydrogen-bond donors (Lipinski definition) is 1. The lowest BCUT2D eigenvalue weighted by Gasteiger charge is -2.17. The average molecular weight is 350 g/mol. The number of para-hydroxylation sites is 1. The van der Waals surface area contributed by atoms with Gasteiger partial charge in [0.2, 0.25) is 11.8 Å². The number of methoxy groups -OCH3 is 1. The maximum absolute atomic E-state index is 12.8. The Bertz CT molecular complexity index is 877. The zero-order valence-electron chi connectivity index (χ0n) is 15.0. The first-order valence-electron chi connectivity index (χ1n) is 8.93. The highest BCUT2D eigenvalue weighted by Crippen LogP contribution is 2.43. The Labute approximate surface area is 153 Å². The van der Waals surface area contributed by atoms with Crippen molar-refractivity contribution in [3.63, 3.8) is 0 Å². The van der Waals surface area contributed by atoms with E-state index in [1.807, 2.05) is 48.2 Å². The molecule has 4 rings (SSSR count). The highest BCUT2D eigenvalue weighted by molar-refractivity contribution is 6.05. The molecule has 1 aliphatic heterocycles. The summed E-state index contributed by atoms with van der Waals surface area (Å²) in [6.45, 7) is 2.66. The fourth-order valence-electron chi connectivity index (χ4n) is 3.67. The summed E-state index contributed by atoms with van der Waals surface area (Å²) >= 11 is 0. The van der Waals surface area contributed by atoms with Gasteiger partial charge in [0, 0.05) is 12.2 Å². The lowest BCUT2D eigenvalue weighted by atomic mass is 10.2. The molecule has 26 heavy (non-hydrogen) atoms. The van der Waals surface area contributed by atoms with E-state index in [1.165, 1.54) is 5.56 Å². The summed E-state index contributed by atoms with van der Waals surface area (Å²) in [5, 5.41) is 2.92. The van der Waals surface area contributed by atoms with Crippen LogP contribution in [0.4, 0.5) is 11.4 Å². The Morgan fingerprint density at radius 3 is 2.77 bits per heavy atom. The second kappa shape index (κ2) is 6.48. The zero-order chi connectivity index (χ0) is 18.3. The number of fused-ring (bicyclic) bond motifs is 1. The molecule has 2 aromatic carbocycles. The predicted molar refractivity (Wildman–Crippen MR) is 100 cm³/mol. The van der Waals surface area contributed by atoms with E-state index in [1.54, 1.807) is 7.11 Å². The highest BCUT2D eigenvalue weighted by atomic mass is 16.5. The summed E-state index contributed by atoms with van der Waals surface area (Å²) < 4.78 is 5.31. The molecule has 2 atom stereocenters. The van der Waals surface area contributed by atoms with Gasteiger partial charge in [-0.25, -0.2) is 0 Å². The van der Waals surface area contributed by atoms with Crippen LogP contribution in [0.2, 0.25) is 0 Å². The van der Waals surface area contributed by atoms with Gasteiger partial charge in [-0.15, -0.1) is 0 Å². The predicted octanol–water partition coefficient (Wildman–Crippen LogP) is 3.17. The fourth-order valence-corrected chi connectivity index (χ4v) is 3.67. The molecule has 0 spiro atoms. The number of ether oxygens (including phenoxy) is 1. The summed E-state index contributed by atoms with van der Waals surface area (Å²) in [7, 11) is 1.58. The van der Waals surface area contributed by atoms with Crippen LogP contribution < -0.4 is 15.0 Å². The topological polar surface area (TPSA) is 58.6 Å². The molecule has 5 heteroatoms. The average Bonchev–Trinajstić information content (AvgIpc) is 3.33. The van der Waals surface area contributed by atoms with E-state index in [-0.39, 0.29) is 23.7 Å². The van der Waals surface area contributed by atoms with Crippen molar-refractivity contribution < 1.29 is 14.3 Å².